The minimum atomic E-state index is -0.927. The van der Waals surface area contributed by atoms with Crippen LogP contribution in [0.5, 0.6) is 0 Å². The van der Waals surface area contributed by atoms with E-state index in [0.717, 1.165) is 5.71 Å². The van der Waals surface area contributed by atoms with Crippen LogP contribution in [0.4, 0.5) is 10.5 Å². The number of nitrogens with zero attached hydrogens (tertiary/aromatic N) is 2. The van der Waals surface area contributed by atoms with Gasteiger partial charge in [0.1, 0.15) is 6.04 Å². The second kappa shape index (κ2) is 11.0. The van der Waals surface area contributed by atoms with Crippen molar-refractivity contribution in [2.24, 2.45) is 5.10 Å². The van der Waals surface area contributed by atoms with Crippen LogP contribution in [0.15, 0.2) is 82.0 Å². The van der Waals surface area contributed by atoms with Gasteiger partial charge >= 0.3 is 6.03 Å². The van der Waals surface area contributed by atoms with Crippen LogP contribution >= 0.6 is 27.5 Å². The molecular formula is C23H23BrClN5O2. The molecule has 1 aliphatic carbocycles. The number of benzene rings is 2. The Morgan fingerprint density at radius 2 is 1.78 bits per heavy atom. The lowest BCUT2D eigenvalue weighted by Gasteiger charge is -2.21. The zero-order valence-corrected chi connectivity index (χ0v) is 19.9. The fraction of sp³-hybridized carbons (Fsp3) is 0.174. The first-order valence-electron chi connectivity index (χ1n) is 9.83. The molecule has 0 saturated heterocycles. The number of nitrogens with one attached hydrogen (secondary N) is 3. The monoisotopic (exact) mass is 515 g/mol. The van der Waals surface area contributed by atoms with Gasteiger partial charge in [0, 0.05) is 41.4 Å². The molecule has 3 rings (SSSR count). The zero-order chi connectivity index (χ0) is 23.1. The molecule has 0 heterocycles. The van der Waals surface area contributed by atoms with Gasteiger partial charge in [0.25, 0.3) is 5.91 Å². The van der Waals surface area contributed by atoms with E-state index in [1.807, 2.05) is 44.4 Å². The number of urea groups is 1. The molecule has 32 heavy (non-hydrogen) atoms. The second-order valence-electron chi connectivity index (χ2n) is 7.18. The number of amides is 3. The molecule has 0 radical (unpaired) electrons. The normalized spacial score (nSPS) is 15.0. The van der Waals surface area contributed by atoms with Gasteiger partial charge < -0.3 is 21.0 Å². The molecule has 0 spiro atoms. The summed E-state index contributed by atoms with van der Waals surface area (Å²) in [7, 11) is 3.70. The van der Waals surface area contributed by atoms with Crippen LogP contribution in [0, 0.1) is 0 Å². The van der Waals surface area contributed by atoms with Crippen molar-refractivity contribution in [3.05, 3.63) is 87.5 Å². The highest BCUT2D eigenvalue weighted by atomic mass is 79.9. The van der Waals surface area contributed by atoms with Gasteiger partial charge in [-0.3, -0.25) is 4.79 Å². The first kappa shape index (κ1) is 23.6. The molecule has 0 aromatic heterocycles. The van der Waals surface area contributed by atoms with E-state index in [2.05, 4.69) is 37.0 Å². The molecule has 9 heteroatoms. The Bertz CT molecular complexity index is 1080. The van der Waals surface area contributed by atoms with Crippen molar-refractivity contribution in [3.63, 3.8) is 0 Å². The summed E-state index contributed by atoms with van der Waals surface area (Å²) >= 11 is 9.36. The molecule has 1 atom stereocenters. The van der Waals surface area contributed by atoms with Crippen LogP contribution in [-0.4, -0.2) is 36.8 Å². The fourth-order valence-electron chi connectivity index (χ4n) is 3.00. The van der Waals surface area contributed by atoms with Gasteiger partial charge in [0.05, 0.1) is 5.71 Å². The zero-order valence-electron chi connectivity index (χ0n) is 17.6. The second-order valence-corrected chi connectivity index (χ2v) is 8.48. The Hall–Kier alpha value is -3.10. The predicted octanol–water partition coefficient (Wildman–Crippen LogP) is 4.84. The maximum absolute atomic E-state index is 13.2. The SMILES string of the molecule is CN(C)N=C1C=CC(NC(=O)C(NC(=O)Nc2ccc(Cl)cc2)c2ccccc2Br)=CC1. The summed E-state index contributed by atoms with van der Waals surface area (Å²) in [6.45, 7) is 0. The van der Waals surface area contributed by atoms with Gasteiger partial charge in [0.15, 0.2) is 0 Å². The Morgan fingerprint density at radius 3 is 2.41 bits per heavy atom. The van der Waals surface area contributed by atoms with Gasteiger partial charge in [-0.2, -0.15) is 5.10 Å². The summed E-state index contributed by atoms with van der Waals surface area (Å²) in [5.41, 5.74) is 2.72. The number of allylic oxidation sites excluding steroid dienone is 3. The van der Waals surface area contributed by atoms with Crippen molar-refractivity contribution < 1.29 is 9.59 Å². The van der Waals surface area contributed by atoms with Crippen LogP contribution < -0.4 is 16.0 Å². The summed E-state index contributed by atoms with van der Waals surface area (Å²) in [4.78, 5) is 25.8. The number of halogens is 2. The molecule has 0 saturated carbocycles. The Kier molecular flexibility index (Phi) is 8.08. The molecule has 1 aliphatic rings. The van der Waals surface area contributed by atoms with E-state index in [-0.39, 0.29) is 5.91 Å². The van der Waals surface area contributed by atoms with Gasteiger partial charge in [-0.1, -0.05) is 51.8 Å². The molecule has 7 nitrogen and oxygen atoms in total. The third kappa shape index (κ3) is 6.70. The Balaban J connectivity index is 1.74. The van der Waals surface area contributed by atoms with Crippen LogP contribution in [0.2, 0.25) is 5.02 Å². The first-order chi connectivity index (χ1) is 15.3. The van der Waals surface area contributed by atoms with Crippen molar-refractivity contribution in [1.82, 2.24) is 15.6 Å². The summed E-state index contributed by atoms with van der Waals surface area (Å²) in [5.74, 6) is -0.368. The van der Waals surface area contributed by atoms with Gasteiger partial charge in [0.2, 0.25) is 0 Å². The van der Waals surface area contributed by atoms with E-state index in [9.17, 15) is 9.59 Å². The lowest BCUT2D eigenvalue weighted by Crippen LogP contribution is -2.42. The maximum Gasteiger partial charge on any atom is 0.320 e. The van der Waals surface area contributed by atoms with Crippen molar-refractivity contribution in [1.29, 1.82) is 0 Å². The quantitative estimate of drug-likeness (QED) is 0.480. The number of hydrogen-bond acceptors (Lipinski definition) is 4. The lowest BCUT2D eigenvalue weighted by atomic mass is 10.1. The molecule has 1 unspecified atom stereocenters. The number of hydrazone groups is 1. The number of carbonyl (C=O) groups excluding carboxylic acids is 2. The number of anilines is 1. The van der Waals surface area contributed by atoms with E-state index in [1.165, 1.54) is 0 Å². The molecule has 0 aliphatic heterocycles. The minimum absolute atomic E-state index is 0.368. The highest BCUT2D eigenvalue weighted by Gasteiger charge is 2.25. The van der Waals surface area contributed by atoms with Crippen LogP contribution in [0.3, 0.4) is 0 Å². The molecule has 0 fully saturated rings. The van der Waals surface area contributed by atoms with Crippen molar-refractivity contribution in [3.8, 4) is 0 Å². The van der Waals surface area contributed by atoms with E-state index in [0.29, 0.717) is 32.9 Å². The largest absolute Gasteiger partial charge is 0.324 e. The average molecular weight is 517 g/mol. The Labute approximate surface area is 200 Å². The number of carbonyl (C=O) groups is 2. The summed E-state index contributed by atoms with van der Waals surface area (Å²) < 4.78 is 0.709. The van der Waals surface area contributed by atoms with Crippen LogP contribution in [-0.2, 0) is 4.79 Å². The standard InChI is InChI=1S/C23H23BrClN5O2/c1-30(2)29-18-13-11-16(12-14-18)26-22(31)21(19-5-3-4-6-20(19)24)28-23(32)27-17-9-7-15(25)8-10-17/h3-13,21H,14H2,1-2H3,(H,26,31)(H2,27,28,32). The van der Waals surface area contributed by atoms with Gasteiger partial charge in [-0.25, -0.2) is 4.79 Å². The van der Waals surface area contributed by atoms with E-state index in [4.69, 9.17) is 11.6 Å². The molecule has 2 aromatic rings. The third-order valence-electron chi connectivity index (χ3n) is 4.44. The van der Waals surface area contributed by atoms with Crippen molar-refractivity contribution in [2.45, 2.75) is 12.5 Å². The predicted molar refractivity (Wildman–Crippen MR) is 132 cm³/mol. The number of rotatable bonds is 6. The minimum Gasteiger partial charge on any atom is -0.324 e. The van der Waals surface area contributed by atoms with E-state index < -0.39 is 12.1 Å². The van der Waals surface area contributed by atoms with Crippen LogP contribution in [0.25, 0.3) is 0 Å². The molecule has 3 N–H and O–H groups in total. The molecular weight excluding hydrogens is 494 g/mol. The summed E-state index contributed by atoms with van der Waals surface area (Å²) in [6, 6.07) is 12.5. The smallest absolute Gasteiger partial charge is 0.320 e. The van der Waals surface area contributed by atoms with Crippen molar-refractivity contribution in [2.75, 3.05) is 19.4 Å². The molecule has 166 valence electrons. The highest BCUT2D eigenvalue weighted by molar-refractivity contribution is 9.10. The fourth-order valence-corrected chi connectivity index (χ4v) is 3.64. The lowest BCUT2D eigenvalue weighted by molar-refractivity contribution is -0.122. The first-order valence-corrected chi connectivity index (χ1v) is 11.0. The average Bonchev–Trinajstić information content (AvgIpc) is 2.75. The van der Waals surface area contributed by atoms with Gasteiger partial charge in [-0.05, 0) is 48.0 Å². The Morgan fingerprint density at radius 1 is 1.06 bits per heavy atom. The van der Waals surface area contributed by atoms with E-state index in [1.54, 1.807) is 41.4 Å². The summed E-state index contributed by atoms with van der Waals surface area (Å²) in [6.07, 6.45) is 6.11. The van der Waals surface area contributed by atoms with Crippen LogP contribution in [0.1, 0.15) is 18.0 Å². The van der Waals surface area contributed by atoms with E-state index >= 15 is 0 Å². The molecule has 0 bridgehead atoms. The molecule has 3 amide bonds. The number of hydrogen-bond donors (Lipinski definition) is 3. The molecule has 2 aromatic carbocycles. The third-order valence-corrected chi connectivity index (χ3v) is 5.41. The highest BCUT2D eigenvalue weighted by Crippen LogP contribution is 2.24. The summed E-state index contributed by atoms with van der Waals surface area (Å²) in [5, 5.41) is 15.0. The van der Waals surface area contributed by atoms with Crippen molar-refractivity contribution >= 4 is 50.9 Å². The maximum atomic E-state index is 13.2. The topological polar surface area (TPSA) is 85.8 Å². The van der Waals surface area contributed by atoms with Gasteiger partial charge in [-0.15, -0.1) is 0 Å².